The summed E-state index contributed by atoms with van der Waals surface area (Å²) in [4.78, 5) is 24.5. The highest BCUT2D eigenvalue weighted by Crippen LogP contribution is 2.28. The fourth-order valence-corrected chi connectivity index (χ4v) is 3.45. The molecule has 1 N–H and O–H groups in total. The maximum absolute atomic E-state index is 12.4. The lowest BCUT2D eigenvalue weighted by Gasteiger charge is -2.10. The van der Waals surface area contributed by atoms with Gasteiger partial charge in [-0.1, -0.05) is 54.1 Å². The number of hydrazone groups is 1. The van der Waals surface area contributed by atoms with Crippen molar-refractivity contribution in [3.05, 3.63) is 113 Å². The van der Waals surface area contributed by atoms with Gasteiger partial charge in [0, 0.05) is 5.02 Å². The van der Waals surface area contributed by atoms with Crippen LogP contribution in [-0.4, -0.2) is 31.8 Å². The molecule has 0 spiro atoms. The number of nitrogens with zero attached hydrogens (tertiary/aromatic N) is 1. The van der Waals surface area contributed by atoms with E-state index in [1.165, 1.54) is 13.3 Å². The zero-order valence-corrected chi connectivity index (χ0v) is 20.6. The molecule has 0 radical (unpaired) electrons. The Morgan fingerprint density at radius 2 is 1.57 bits per heavy atom. The van der Waals surface area contributed by atoms with Crippen molar-refractivity contribution in [1.29, 1.82) is 0 Å². The third-order valence-electron chi connectivity index (χ3n) is 5.20. The normalized spacial score (nSPS) is 10.6. The Morgan fingerprint density at radius 1 is 0.865 bits per heavy atom. The van der Waals surface area contributed by atoms with Gasteiger partial charge < -0.3 is 14.2 Å². The Bertz CT molecular complexity index is 1390. The summed E-state index contributed by atoms with van der Waals surface area (Å²) in [5, 5.41) is 4.47. The number of esters is 1. The molecule has 0 fully saturated rings. The minimum absolute atomic E-state index is 0.190. The summed E-state index contributed by atoms with van der Waals surface area (Å²) in [6, 6.07) is 28.7. The highest BCUT2D eigenvalue weighted by Gasteiger charge is 2.13. The number of amides is 1. The second kappa shape index (κ2) is 12.4. The number of benzene rings is 4. The van der Waals surface area contributed by atoms with Crippen LogP contribution in [0.25, 0.3) is 11.1 Å². The Balaban J connectivity index is 1.28. The maximum Gasteiger partial charge on any atom is 0.343 e. The first-order valence-electron chi connectivity index (χ1n) is 11.3. The van der Waals surface area contributed by atoms with Crippen molar-refractivity contribution >= 4 is 29.7 Å². The Labute approximate surface area is 219 Å². The third-order valence-corrected chi connectivity index (χ3v) is 5.46. The zero-order valence-electron chi connectivity index (χ0n) is 19.9. The van der Waals surface area contributed by atoms with E-state index in [-0.39, 0.29) is 12.4 Å². The molecule has 0 unspecified atom stereocenters. The van der Waals surface area contributed by atoms with Crippen molar-refractivity contribution < 1.29 is 23.8 Å². The van der Waals surface area contributed by atoms with Crippen LogP contribution in [-0.2, 0) is 4.79 Å². The highest BCUT2D eigenvalue weighted by molar-refractivity contribution is 6.30. The van der Waals surface area contributed by atoms with Crippen molar-refractivity contribution in [2.75, 3.05) is 13.7 Å². The largest absolute Gasteiger partial charge is 0.493 e. The number of carbonyl (C=O) groups is 2. The molecule has 186 valence electrons. The maximum atomic E-state index is 12.4. The number of hydrogen-bond acceptors (Lipinski definition) is 6. The van der Waals surface area contributed by atoms with Crippen LogP contribution in [0.1, 0.15) is 15.9 Å². The van der Waals surface area contributed by atoms with Gasteiger partial charge in [-0.3, -0.25) is 4.79 Å². The van der Waals surface area contributed by atoms with Crippen molar-refractivity contribution in [1.82, 2.24) is 5.43 Å². The van der Waals surface area contributed by atoms with E-state index in [0.717, 1.165) is 11.1 Å². The molecule has 0 atom stereocenters. The molecule has 4 aromatic carbocycles. The lowest BCUT2D eigenvalue weighted by Crippen LogP contribution is -2.24. The van der Waals surface area contributed by atoms with Gasteiger partial charge >= 0.3 is 5.97 Å². The highest BCUT2D eigenvalue weighted by atomic mass is 35.5. The van der Waals surface area contributed by atoms with Crippen LogP contribution in [0.15, 0.2) is 102 Å². The molecular formula is C29H23ClN2O5. The summed E-state index contributed by atoms with van der Waals surface area (Å²) in [7, 11) is 1.46. The van der Waals surface area contributed by atoms with Crippen molar-refractivity contribution in [3.63, 3.8) is 0 Å². The molecule has 4 aromatic rings. The Kier molecular flexibility index (Phi) is 8.52. The fraction of sp³-hybridized carbons (Fsp3) is 0.0690. The van der Waals surface area contributed by atoms with Crippen LogP contribution in [0, 0.1) is 0 Å². The van der Waals surface area contributed by atoms with Crippen LogP contribution >= 0.6 is 11.6 Å². The number of hydrogen-bond donors (Lipinski definition) is 1. The first kappa shape index (κ1) is 25.5. The van der Waals surface area contributed by atoms with E-state index < -0.39 is 11.9 Å². The van der Waals surface area contributed by atoms with Gasteiger partial charge in [0.2, 0.25) is 0 Å². The zero-order chi connectivity index (χ0) is 26.0. The predicted octanol–water partition coefficient (Wildman–Crippen LogP) is 5.76. The number of halogens is 1. The smallest absolute Gasteiger partial charge is 0.343 e. The summed E-state index contributed by atoms with van der Waals surface area (Å²) < 4.78 is 16.3. The average Bonchev–Trinajstić information content (AvgIpc) is 2.93. The van der Waals surface area contributed by atoms with Crippen LogP contribution in [0.5, 0.6) is 17.2 Å². The number of methoxy groups -OCH3 is 1. The van der Waals surface area contributed by atoms with Gasteiger partial charge in [-0.15, -0.1) is 0 Å². The quantitative estimate of drug-likeness (QED) is 0.133. The SMILES string of the molecule is COc1cc(C=NNC(=O)COc2ccc(-c3ccccc3)cc2)ccc1OC(=O)c1ccc(Cl)cc1. The summed E-state index contributed by atoms with van der Waals surface area (Å²) in [6.07, 6.45) is 1.44. The molecule has 0 heterocycles. The number of carbonyl (C=O) groups excluding carboxylic acids is 2. The number of nitrogens with one attached hydrogen (secondary N) is 1. The van der Waals surface area contributed by atoms with E-state index in [1.54, 1.807) is 42.5 Å². The molecule has 0 bridgehead atoms. The van der Waals surface area contributed by atoms with Crippen LogP contribution in [0.3, 0.4) is 0 Å². The minimum Gasteiger partial charge on any atom is -0.493 e. The molecule has 37 heavy (non-hydrogen) atoms. The molecule has 0 saturated carbocycles. The lowest BCUT2D eigenvalue weighted by atomic mass is 10.1. The Hall–Kier alpha value is -4.62. The van der Waals surface area contributed by atoms with Gasteiger partial charge in [-0.2, -0.15) is 5.10 Å². The summed E-state index contributed by atoms with van der Waals surface area (Å²) in [6.45, 7) is -0.190. The van der Waals surface area contributed by atoms with Gasteiger partial charge in [-0.25, -0.2) is 10.2 Å². The number of rotatable bonds is 9. The summed E-state index contributed by atoms with van der Waals surface area (Å²) in [5.41, 5.74) is 5.56. The van der Waals surface area contributed by atoms with E-state index in [0.29, 0.717) is 27.6 Å². The average molecular weight is 515 g/mol. The van der Waals surface area contributed by atoms with Crippen molar-refractivity contribution in [3.8, 4) is 28.4 Å². The summed E-state index contributed by atoms with van der Waals surface area (Å²) >= 11 is 5.86. The fourth-order valence-electron chi connectivity index (χ4n) is 3.33. The molecule has 7 nitrogen and oxygen atoms in total. The van der Waals surface area contributed by atoms with Crippen molar-refractivity contribution in [2.24, 2.45) is 5.10 Å². The predicted molar refractivity (Wildman–Crippen MR) is 143 cm³/mol. The topological polar surface area (TPSA) is 86.2 Å². The lowest BCUT2D eigenvalue weighted by molar-refractivity contribution is -0.123. The van der Waals surface area contributed by atoms with E-state index in [2.05, 4.69) is 10.5 Å². The van der Waals surface area contributed by atoms with Crippen molar-refractivity contribution in [2.45, 2.75) is 0 Å². The van der Waals surface area contributed by atoms with Gasteiger partial charge in [0.05, 0.1) is 18.9 Å². The minimum atomic E-state index is -0.543. The third kappa shape index (κ3) is 7.19. The standard InChI is InChI=1S/C29H23ClN2O5/c1-35-27-17-20(7-16-26(27)37-29(34)23-8-12-24(30)13-9-23)18-31-32-28(33)19-36-25-14-10-22(11-15-25)21-5-3-2-4-6-21/h2-18H,19H2,1H3,(H,32,33). The van der Waals surface area contributed by atoms with E-state index >= 15 is 0 Å². The Morgan fingerprint density at radius 3 is 2.27 bits per heavy atom. The first-order valence-corrected chi connectivity index (χ1v) is 11.7. The molecule has 8 heteroatoms. The molecule has 0 aromatic heterocycles. The van der Waals surface area contributed by atoms with Gasteiger partial charge in [-0.05, 0) is 71.3 Å². The molecular weight excluding hydrogens is 492 g/mol. The van der Waals surface area contributed by atoms with Crippen LogP contribution in [0.4, 0.5) is 0 Å². The second-order valence-electron chi connectivity index (χ2n) is 7.78. The van der Waals surface area contributed by atoms with Gasteiger partial charge in [0.25, 0.3) is 5.91 Å². The monoisotopic (exact) mass is 514 g/mol. The van der Waals surface area contributed by atoms with Crippen LogP contribution < -0.4 is 19.6 Å². The first-order chi connectivity index (χ1) is 18.0. The van der Waals surface area contributed by atoms with Crippen LogP contribution in [0.2, 0.25) is 5.02 Å². The van der Waals surface area contributed by atoms with Gasteiger partial charge in [0.1, 0.15) is 5.75 Å². The second-order valence-corrected chi connectivity index (χ2v) is 8.22. The molecule has 0 saturated heterocycles. The number of ether oxygens (including phenoxy) is 3. The molecule has 0 aliphatic heterocycles. The van der Waals surface area contributed by atoms with E-state index in [1.807, 2.05) is 54.6 Å². The molecule has 0 aliphatic carbocycles. The summed E-state index contributed by atoms with van der Waals surface area (Å²) in [5.74, 6) is 0.199. The van der Waals surface area contributed by atoms with E-state index in [4.69, 9.17) is 25.8 Å². The van der Waals surface area contributed by atoms with E-state index in [9.17, 15) is 9.59 Å². The molecule has 4 rings (SSSR count). The molecule has 1 amide bonds. The molecule has 0 aliphatic rings. The van der Waals surface area contributed by atoms with Gasteiger partial charge in [0.15, 0.2) is 18.1 Å².